The molecule has 0 heterocycles. The molecule has 0 aliphatic rings. The molecule has 0 radical (unpaired) electrons. The number of hydrogen-bond acceptors (Lipinski definition) is 2. The van der Waals surface area contributed by atoms with E-state index in [0.29, 0.717) is 6.04 Å². The fourth-order valence-electron chi connectivity index (χ4n) is 2.24. The Kier molecular flexibility index (Phi) is 7.56. The lowest BCUT2D eigenvalue weighted by molar-refractivity contribution is 0.304. The van der Waals surface area contributed by atoms with E-state index in [-0.39, 0.29) is 0 Å². The third-order valence-corrected chi connectivity index (χ3v) is 3.34. The van der Waals surface area contributed by atoms with Crippen LogP contribution in [0.5, 0.6) is 0 Å². The summed E-state index contributed by atoms with van der Waals surface area (Å²) in [5, 5.41) is 3.45. The van der Waals surface area contributed by atoms with E-state index in [0.717, 1.165) is 32.6 Å². The van der Waals surface area contributed by atoms with Gasteiger partial charge in [-0.3, -0.25) is 4.90 Å². The first kappa shape index (κ1) is 16.9. The van der Waals surface area contributed by atoms with Gasteiger partial charge in [0.1, 0.15) is 0 Å². The summed E-state index contributed by atoms with van der Waals surface area (Å²) in [5.74, 6) is 0. The van der Waals surface area contributed by atoms with Gasteiger partial charge in [-0.05, 0) is 37.6 Å². The average molecular weight is 274 g/mol. The second-order valence-electron chi connectivity index (χ2n) is 5.94. The van der Waals surface area contributed by atoms with E-state index in [9.17, 15) is 0 Å². The van der Waals surface area contributed by atoms with Crippen molar-refractivity contribution in [2.45, 2.75) is 46.7 Å². The summed E-state index contributed by atoms with van der Waals surface area (Å²) < 4.78 is 0. The molecular weight excluding hydrogens is 244 g/mol. The minimum Gasteiger partial charge on any atom is -0.314 e. The second-order valence-corrected chi connectivity index (χ2v) is 5.94. The van der Waals surface area contributed by atoms with Gasteiger partial charge in [-0.1, -0.05) is 57.2 Å². The molecule has 0 saturated heterocycles. The quantitative estimate of drug-likeness (QED) is 0.692. The highest BCUT2D eigenvalue weighted by Crippen LogP contribution is 2.09. The first-order valence-electron chi connectivity index (χ1n) is 7.69. The molecule has 1 aromatic carbocycles. The van der Waals surface area contributed by atoms with Crippen LogP contribution >= 0.6 is 0 Å². The normalized spacial score (nSPS) is 11.3. The highest BCUT2D eigenvalue weighted by molar-refractivity contribution is 5.23. The zero-order valence-electron chi connectivity index (χ0n) is 13.6. The molecule has 20 heavy (non-hydrogen) atoms. The molecule has 112 valence electrons. The fourth-order valence-corrected chi connectivity index (χ4v) is 2.24. The Hall–Kier alpha value is -1.12. The Morgan fingerprint density at radius 3 is 2.30 bits per heavy atom. The third kappa shape index (κ3) is 6.88. The molecule has 1 aromatic rings. The maximum absolute atomic E-state index is 4.00. The van der Waals surface area contributed by atoms with Crippen molar-refractivity contribution >= 4 is 0 Å². The smallest absolute Gasteiger partial charge is 0.0237 e. The summed E-state index contributed by atoms with van der Waals surface area (Å²) in [4.78, 5) is 2.41. The standard InChI is InChI=1S/C18H30N2/c1-6-20(13-15(2)3)14-18-9-7-17(8-10-18)11-12-19-16(4)5/h7-10,16,19H,2,6,11-14H2,1,3-5H3. The van der Waals surface area contributed by atoms with Crippen LogP contribution in [0.4, 0.5) is 0 Å². The lowest BCUT2D eigenvalue weighted by Crippen LogP contribution is -2.25. The Morgan fingerprint density at radius 2 is 1.80 bits per heavy atom. The van der Waals surface area contributed by atoms with Crippen molar-refractivity contribution in [3.8, 4) is 0 Å². The van der Waals surface area contributed by atoms with Gasteiger partial charge in [0.25, 0.3) is 0 Å². The van der Waals surface area contributed by atoms with Crippen LogP contribution < -0.4 is 5.32 Å². The zero-order valence-corrected chi connectivity index (χ0v) is 13.6. The van der Waals surface area contributed by atoms with Crippen LogP contribution in [-0.2, 0) is 13.0 Å². The zero-order chi connectivity index (χ0) is 15.0. The van der Waals surface area contributed by atoms with Crippen molar-refractivity contribution in [1.82, 2.24) is 10.2 Å². The molecule has 0 amide bonds. The van der Waals surface area contributed by atoms with Crippen molar-refractivity contribution < 1.29 is 0 Å². The van der Waals surface area contributed by atoms with E-state index in [1.54, 1.807) is 0 Å². The molecule has 0 saturated carbocycles. The van der Waals surface area contributed by atoms with Gasteiger partial charge in [0.2, 0.25) is 0 Å². The van der Waals surface area contributed by atoms with Crippen molar-refractivity contribution in [3.05, 3.63) is 47.5 Å². The van der Waals surface area contributed by atoms with Crippen molar-refractivity contribution in [3.63, 3.8) is 0 Å². The van der Waals surface area contributed by atoms with Crippen molar-refractivity contribution in [2.75, 3.05) is 19.6 Å². The average Bonchev–Trinajstić information content (AvgIpc) is 2.39. The van der Waals surface area contributed by atoms with E-state index in [1.165, 1.54) is 16.7 Å². The van der Waals surface area contributed by atoms with Gasteiger partial charge in [0.15, 0.2) is 0 Å². The van der Waals surface area contributed by atoms with Gasteiger partial charge < -0.3 is 5.32 Å². The van der Waals surface area contributed by atoms with Crippen LogP contribution in [-0.4, -0.2) is 30.6 Å². The molecule has 0 bridgehead atoms. The number of nitrogens with one attached hydrogen (secondary N) is 1. The molecule has 0 aromatic heterocycles. The predicted molar refractivity (Wildman–Crippen MR) is 89.0 cm³/mol. The highest BCUT2D eigenvalue weighted by atomic mass is 15.1. The van der Waals surface area contributed by atoms with Gasteiger partial charge in [0.05, 0.1) is 0 Å². The Bertz CT molecular complexity index is 392. The highest BCUT2D eigenvalue weighted by Gasteiger charge is 2.04. The van der Waals surface area contributed by atoms with Crippen molar-refractivity contribution in [2.24, 2.45) is 0 Å². The van der Waals surface area contributed by atoms with Crippen LogP contribution in [0.1, 0.15) is 38.8 Å². The SMILES string of the molecule is C=C(C)CN(CC)Cc1ccc(CCNC(C)C)cc1. The molecule has 2 nitrogen and oxygen atoms in total. The maximum atomic E-state index is 4.00. The minimum absolute atomic E-state index is 0.564. The van der Waals surface area contributed by atoms with Gasteiger partial charge in [-0.15, -0.1) is 0 Å². The van der Waals surface area contributed by atoms with Gasteiger partial charge >= 0.3 is 0 Å². The van der Waals surface area contributed by atoms with E-state index in [4.69, 9.17) is 0 Å². The van der Waals surface area contributed by atoms with Crippen LogP contribution in [0, 0.1) is 0 Å². The number of rotatable bonds is 9. The molecule has 2 heteroatoms. The molecule has 0 spiro atoms. The summed E-state index contributed by atoms with van der Waals surface area (Å²) in [6.07, 6.45) is 1.10. The van der Waals surface area contributed by atoms with Crippen LogP contribution in [0.3, 0.4) is 0 Å². The van der Waals surface area contributed by atoms with Gasteiger partial charge in [-0.25, -0.2) is 0 Å². The largest absolute Gasteiger partial charge is 0.314 e. The molecule has 0 aliphatic carbocycles. The molecule has 0 atom stereocenters. The van der Waals surface area contributed by atoms with E-state index in [2.05, 4.69) is 68.8 Å². The summed E-state index contributed by atoms with van der Waals surface area (Å²) in [7, 11) is 0. The topological polar surface area (TPSA) is 15.3 Å². The lowest BCUT2D eigenvalue weighted by atomic mass is 10.1. The first-order valence-corrected chi connectivity index (χ1v) is 7.69. The fraction of sp³-hybridized carbons (Fsp3) is 0.556. The monoisotopic (exact) mass is 274 g/mol. The van der Waals surface area contributed by atoms with Gasteiger partial charge in [-0.2, -0.15) is 0 Å². The van der Waals surface area contributed by atoms with Gasteiger partial charge in [0, 0.05) is 19.1 Å². The maximum Gasteiger partial charge on any atom is 0.0237 e. The number of likely N-dealkylation sites (N-methyl/N-ethyl adjacent to an activating group) is 1. The Balaban J connectivity index is 2.46. The number of hydrogen-bond donors (Lipinski definition) is 1. The summed E-state index contributed by atoms with van der Waals surface area (Å²) in [6.45, 7) is 16.8. The lowest BCUT2D eigenvalue weighted by Gasteiger charge is -2.20. The molecule has 0 aliphatic heterocycles. The first-order chi connectivity index (χ1) is 9.51. The number of benzene rings is 1. The summed E-state index contributed by atoms with van der Waals surface area (Å²) >= 11 is 0. The second kappa shape index (κ2) is 8.93. The molecule has 0 unspecified atom stereocenters. The van der Waals surface area contributed by atoms with Crippen LogP contribution in [0.15, 0.2) is 36.4 Å². The molecular formula is C18H30N2. The predicted octanol–water partition coefficient (Wildman–Crippen LogP) is 3.63. The Labute approximate surface area is 124 Å². The third-order valence-electron chi connectivity index (χ3n) is 3.34. The summed E-state index contributed by atoms with van der Waals surface area (Å²) in [5.41, 5.74) is 4.02. The van der Waals surface area contributed by atoms with E-state index in [1.807, 2.05) is 0 Å². The number of nitrogens with zero attached hydrogens (tertiary/aromatic N) is 1. The van der Waals surface area contributed by atoms with Crippen LogP contribution in [0.25, 0.3) is 0 Å². The summed E-state index contributed by atoms with van der Waals surface area (Å²) in [6, 6.07) is 9.59. The molecule has 1 rings (SSSR count). The van der Waals surface area contributed by atoms with E-state index < -0.39 is 0 Å². The molecule has 1 N–H and O–H groups in total. The van der Waals surface area contributed by atoms with E-state index >= 15 is 0 Å². The van der Waals surface area contributed by atoms with Crippen molar-refractivity contribution in [1.29, 1.82) is 0 Å². The Morgan fingerprint density at radius 1 is 1.20 bits per heavy atom. The van der Waals surface area contributed by atoms with Crippen LogP contribution in [0.2, 0.25) is 0 Å². The molecule has 0 fully saturated rings. The minimum atomic E-state index is 0.564.